The van der Waals surface area contributed by atoms with Gasteiger partial charge in [-0.1, -0.05) is 31.5 Å². The third kappa shape index (κ3) is 4.15. The molecule has 0 spiro atoms. The molecule has 0 aliphatic heterocycles. The first-order chi connectivity index (χ1) is 12.2. The van der Waals surface area contributed by atoms with Gasteiger partial charge in [0.15, 0.2) is 0 Å². The number of hydrogen-bond acceptors (Lipinski definition) is 4. The number of aromatic amines is 1. The zero-order valence-corrected chi connectivity index (χ0v) is 14.3. The van der Waals surface area contributed by atoms with Gasteiger partial charge < -0.3 is 9.88 Å². The van der Waals surface area contributed by atoms with Gasteiger partial charge in [-0.05, 0) is 25.0 Å². The van der Waals surface area contributed by atoms with E-state index in [1.165, 1.54) is 16.8 Å². The van der Waals surface area contributed by atoms with E-state index >= 15 is 0 Å². The Morgan fingerprint density at radius 1 is 1.20 bits per heavy atom. The van der Waals surface area contributed by atoms with Crippen LogP contribution in [0.2, 0.25) is 0 Å². The number of fused-ring (bicyclic) bond motifs is 1. The van der Waals surface area contributed by atoms with E-state index in [2.05, 4.69) is 29.4 Å². The van der Waals surface area contributed by atoms with Gasteiger partial charge in [0.2, 0.25) is 0 Å². The summed E-state index contributed by atoms with van der Waals surface area (Å²) in [5.74, 6) is 0. The molecule has 130 valence electrons. The Balaban J connectivity index is 1.70. The molecule has 0 aliphatic carbocycles. The van der Waals surface area contributed by atoms with Gasteiger partial charge in [-0.15, -0.1) is 0 Å². The number of aromatic nitrogens is 3. The molecule has 1 aromatic carbocycles. The average molecular weight is 338 g/mol. The van der Waals surface area contributed by atoms with Crippen molar-refractivity contribution in [1.82, 2.24) is 14.5 Å². The Hall–Kier alpha value is -2.89. The van der Waals surface area contributed by atoms with Crippen molar-refractivity contribution in [3.8, 4) is 0 Å². The van der Waals surface area contributed by atoms with Crippen LogP contribution in [0.25, 0.3) is 10.9 Å². The van der Waals surface area contributed by atoms with Crippen molar-refractivity contribution in [3.05, 3.63) is 69.1 Å². The molecule has 0 saturated carbocycles. The summed E-state index contributed by atoms with van der Waals surface area (Å²) in [4.78, 5) is 29.7. The lowest BCUT2D eigenvalue weighted by atomic mass is 10.1. The zero-order valence-electron chi connectivity index (χ0n) is 14.3. The summed E-state index contributed by atoms with van der Waals surface area (Å²) in [6, 6.07) is 11.6. The number of hydrogen-bond donors (Lipinski definition) is 2. The minimum atomic E-state index is -0.369. The van der Waals surface area contributed by atoms with Crippen molar-refractivity contribution in [2.45, 2.75) is 32.7 Å². The van der Waals surface area contributed by atoms with Gasteiger partial charge >= 0.3 is 5.69 Å². The summed E-state index contributed by atoms with van der Waals surface area (Å²) in [6.45, 7) is 3.42. The van der Waals surface area contributed by atoms with Gasteiger partial charge in [0.25, 0.3) is 5.56 Å². The summed E-state index contributed by atoms with van der Waals surface area (Å²) in [5.41, 5.74) is 2.41. The highest BCUT2D eigenvalue weighted by Gasteiger charge is 2.05. The van der Waals surface area contributed by atoms with E-state index in [9.17, 15) is 9.59 Å². The summed E-state index contributed by atoms with van der Waals surface area (Å²) in [6.07, 6.45) is 4.31. The number of nitrogens with zero attached hydrogens (tertiary/aromatic N) is 2. The molecule has 0 bridgehead atoms. The van der Waals surface area contributed by atoms with Crippen LogP contribution < -0.4 is 16.6 Å². The van der Waals surface area contributed by atoms with Crippen molar-refractivity contribution in [2.75, 3.05) is 11.9 Å². The Morgan fingerprint density at radius 3 is 2.84 bits per heavy atom. The normalized spacial score (nSPS) is 10.9. The van der Waals surface area contributed by atoms with Crippen LogP contribution >= 0.6 is 0 Å². The topological polar surface area (TPSA) is 79.8 Å². The molecule has 0 aliphatic rings. The standard InChI is InChI=1S/C19H22N4O2/c1-2-6-14-13-17(15-7-3-4-8-16(15)21-14)20-10-5-11-23-12-9-18(24)22-19(23)25/h3-4,7-9,12-13H,2,5-6,10-11H2,1H3,(H,20,21)(H,22,24,25). The molecule has 2 aromatic heterocycles. The summed E-state index contributed by atoms with van der Waals surface area (Å²) in [7, 11) is 0. The SMILES string of the molecule is CCCc1cc(NCCCn2ccc(=O)[nH]c2=O)c2ccccc2n1. The minimum absolute atomic E-state index is 0.368. The first-order valence-corrected chi connectivity index (χ1v) is 8.59. The van der Waals surface area contributed by atoms with Crippen molar-refractivity contribution in [1.29, 1.82) is 0 Å². The third-order valence-corrected chi connectivity index (χ3v) is 4.06. The fourth-order valence-electron chi connectivity index (χ4n) is 2.85. The number of rotatable bonds is 7. The number of para-hydroxylation sites is 1. The molecule has 2 N–H and O–H groups in total. The maximum absolute atomic E-state index is 11.7. The van der Waals surface area contributed by atoms with Gasteiger partial charge in [-0.2, -0.15) is 0 Å². The van der Waals surface area contributed by atoms with Gasteiger partial charge in [-0.3, -0.25) is 14.8 Å². The Kier molecular flexibility index (Phi) is 5.28. The van der Waals surface area contributed by atoms with Crippen LogP contribution in [-0.2, 0) is 13.0 Å². The average Bonchev–Trinajstić information content (AvgIpc) is 2.60. The van der Waals surface area contributed by atoms with E-state index in [-0.39, 0.29) is 11.2 Å². The Bertz CT molecular complexity index is 975. The van der Waals surface area contributed by atoms with Crippen LogP contribution in [0, 0.1) is 0 Å². The number of benzene rings is 1. The number of aryl methyl sites for hydroxylation is 2. The van der Waals surface area contributed by atoms with E-state index < -0.39 is 0 Å². The lowest BCUT2D eigenvalue weighted by Gasteiger charge is -2.12. The molecule has 0 amide bonds. The zero-order chi connectivity index (χ0) is 17.6. The van der Waals surface area contributed by atoms with Gasteiger partial charge in [-0.25, -0.2) is 4.79 Å². The number of anilines is 1. The Morgan fingerprint density at radius 2 is 2.04 bits per heavy atom. The second-order valence-corrected chi connectivity index (χ2v) is 6.01. The van der Waals surface area contributed by atoms with Crippen molar-refractivity contribution in [2.24, 2.45) is 0 Å². The van der Waals surface area contributed by atoms with Gasteiger partial charge in [0.05, 0.1) is 5.52 Å². The maximum Gasteiger partial charge on any atom is 0.328 e. The highest BCUT2D eigenvalue weighted by atomic mass is 16.2. The Labute approximate surface area is 145 Å². The molecule has 0 fully saturated rings. The number of nitrogens with one attached hydrogen (secondary N) is 2. The smallest absolute Gasteiger partial charge is 0.328 e. The van der Waals surface area contributed by atoms with E-state index in [0.717, 1.165) is 48.1 Å². The van der Waals surface area contributed by atoms with Crippen LogP contribution in [0.15, 0.2) is 52.2 Å². The lowest BCUT2D eigenvalue weighted by molar-refractivity contribution is 0.619. The minimum Gasteiger partial charge on any atom is -0.384 e. The molecule has 6 heteroatoms. The van der Waals surface area contributed by atoms with Gasteiger partial charge in [0.1, 0.15) is 0 Å². The van der Waals surface area contributed by atoms with Crippen molar-refractivity contribution >= 4 is 16.6 Å². The third-order valence-electron chi connectivity index (χ3n) is 4.06. The van der Waals surface area contributed by atoms with E-state index in [0.29, 0.717) is 6.54 Å². The molecule has 25 heavy (non-hydrogen) atoms. The van der Waals surface area contributed by atoms with Crippen LogP contribution in [0.5, 0.6) is 0 Å². The van der Waals surface area contributed by atoms with E-state index in [1.807, 2.05) is 18.2 Å². The van der Waals surface area contributed by atoms with Crippen LogP contribution in [0.4, 0.5) is 5.69 Å². The predicted octanol–water partition coefficient (Wildman–Crippen LogP) is 2.54. The van der Waals surface area contributed by atoms with Crippen molar-refractivity contribution in [3.63, 3.8) is 0 Å². The molecular formula is C19H22N4O2. The van der Waals surface area contributed by atoms with E-state index in [1.54, 1.807) is 0 Å². The molecule has 3 rings (SSSR count). The maximum atomic E-state index is 11.7. The van der Waals surface area contributed by atoms with Crippen LogP contribution in [0.1, 0.15) is 25.5 Å². The first-order valence-electron chi connectivity index (χ1n) is 8.59. The summed E-state index contributed by atoms with van der Waals surface area (Å²) < 4.78 is 1.51. The second-order valence-electron chi connectivity index (χ2n) is 6.01. The van der Waals surface area contributed by atoms with Gasteiger partial charge in [0, 0.05) is 42.1 Å². The second kappa shape index (κ2) is 7.79. The lowest BCUT2D eigenvalue weighted by Crippen LogP contribution is -2.29. The molecule has 0 radical (unpaired) electrons. The molecule has 0 atom stereocenters. The van der Waals surface area contributed by atoms with Crippen LogP contribution in [-0.4, -0.2) is 21.1 Å². The molecule has 0 unspecified atom stereocenters. The number of H-pyrrole nitrogens is 1. The van der Waals surface area contributed by atoms with E-state index in [4.69, 9.17) is 4.98 Å². The molecule has 3 aromatic rings. The fraction of sp³-hybridized carbons (Fsp3) is 0.316. The monoisotopic (exact) mass is 338 g/mol. The molecule has 0 saturated heterocycles. The van der Waals surface area contributed by atoms with Crippen LogP contribution in [0.3, 0.4) is 0 Å². The molecule has 6 nitrogen and oxygen atoms in total. The highest BCUT2D eigenvalue weighted by Crippen LogP contribution is 2.23. The fourth-order valence-corrected chi connectivity index (χ4v) is 2.85. The molecular weight excluding hydrogens is 316 g/mol. The largest absolute Gasteiger partial charge is 0.384 e. The summed E-state index contributed by atoms with van der Waals surface area (Å²) >= 11 is 0. The molecule has 2 heterocycles. The first kappa shape index (κ1) is 17.0. The highest BCUT2D eigenvalue weighted by molar-refractivity contribution is 5.91. The summed E-state index contributed by atoms with van der Waals surface area (Å²) in [5, 5.41) is 4.56. The quantitative estimate of drug-likeness (QED) is 0.649. The predicted molar refractivity (Wildman–Crippen MR) is 100 cm³/mol. The number of pyridine rings is 1. The van der Waals surface area contributed by atoms with Crippen molar-refractivity contribution < 1.29 is 0 Å².